The van der Waals surface area contributed by atoms with Crippen LogP contribution in [0, 0.1) is 5.92 Å². The Morgan fingerprint density at radius 3 is 2.87 bits per heavy atom. The summed E-state index contributed by atoms with van der Waals surface area (Å²) in [5.74, 6) is 0.670. The van der Waals surface area contributed by atoms with Crippen LogP contribution < -0.4 is 5.73 Å². The van der Waals surface area contributed by atoms with Gasteiger partial charge in [-0.3, -0.25) is 0 Å². The van der Waals surface area contributed by atoms with Crippen molar-refractivity contribution < 1.29 is 4.74 Å². The van der Waals surface area contributed by atoms with Crippen molar-refractivity contribution in [1.82, 2.24) is 10.2 Å². The van der Waals surface area contributed by atoms with Gasteiger partial charge in [0.25, 0.3) is 0 Å². The van der Waals surface area contributed by atoms with E-state index < -0.39 is 0 Å². The van der Waals surface area contributed by atoms with Crippen molar-refractivity contribution in [3.8, 4) is 0 Å². The zero-order chi connectivity index (χ0) is 10.7. The predicted molar refractivity (Wildman–Crippen MR) is 60.5 cm³/mol. The lowest BCUT2D eigenvalue weighted by molar-refractivity contribution is -0.0157. The third kappa shape index (κ3) is 2.89. The number of aromatic nitrogens is 2. The molecule has 4 nitrogen and oxygen atoms in total. The number of ether oxygens (including phenoxy) is 1. The Hall–Kier alpha value is -0.680. The maximum Gasteiger partial charge on any atom is 0.203 e. The summed E-state index contributed by atoms with van der Waals surface area (Å²) in [4.78, 5) is 0. The van der Waals surface area contributed by atoms with E-state index >= 15 is 0 Å². The molecule has 2 N–H and O–H groups in total. The number of nitrogens with zero attached hydrogens (tertiary/aromatic N) is 2. The second-order valence-corrected chi connectivity index (χ2v) is 5.24. The molecule has 1 aliphatic rings. The maximum absolute atomic E-state index is 5.85. The Kier molecular flexibility index (Phi) is 3.53. The van der Waals surface area contributed by atoms with Gasteiger partial charge >= 0.3 is 0 Å². The molecule has 0 radical (unpaired) electrons. The van der Waals surface area contributed by atoms with Gasteiger partial charge in [0.15, 0.2) is 0 Å². The smallest absolute Gasteiger partial charge is 0.203 e. The summed E-state index contributed by atoms with van der Waals surface area (Å²) in [6, 6.07) is 0. The molecule has 5 heteroatoms. The van der Waals surface area contributed by atoms with Gasteiger partial charge in [-0.25, -0.2) is 0 Å². The summed E-state index contributed by atoms with van der Waals surface area (Å²) >= 11 is 1.41. The fourth-order valence-electron chi connectivity index (χ4n) is 2.03. The normalized spacial score (nSPS) is 26.7. The van der Waals surface area contributed by atoms with E-state index in [-0.39, 0.29) is 0 Å². The predicted octanol–water partition coefficient (Wildman–Crippen LogP) is 2.22. The van der Waals surface area contributed by atoms with E-state index in [2.05, 4.69) is 17.1 Å². The highest BCUT2D eigenvalue weighted by Crippen LogP contribution is 2.27. The maximum atomic E-state index is 5.85. The average molecular weight is 227 g/mol. The van der Waals surface area contributed by atoms with Gasteiger partial charge in [0.05, 0.1) is 6.10 Å². The van der Waals surface area contributed by atoms with Crippen molar-refractivity contribution in [1.29, 1.82) is 0 Å². The van der Waals surface area contributed by atoms with Crippen LogP contribution in [0.4, 0.5) is 5.13 Å². The zero-order valence-electron chi connectivity index (χ0n) is 8.98. The van der Waals surface area contributed by atoms with Gasteiger partial charge in [-0.1, -0.05) is 31.1 Å². The Morgan fingerprint density at radius 1 is 1.40 bits per heavy atom. The molecular weight excluding hydrogens is 210 g/mol. The van der Waals surface area contributed by atoms with Crippen molar-refractivity contribution >= 4 is 16.5 Å². The SMILES string of the molecule is CC1CCCCC1OCc1nnc(N)s1. The van der Waals surface area contributed by atoms with Crippen LogP contribution in [0.1, 0.15) is 37.6 Å². The molecule has 1 aromatic rings. The number of nitrogen functional groups attached to an aromatic ring is 1. The monoisotopic (exact) mass is 227 g/mol. The van der Waals surface area contributed by atoms with Crippen molar-refractivity contribution in [3.05, 3.63) is 5.01 Å². The van der Waals surface area contributed by atoms with Crippen LogP contribution in [0.25, 0.3) is 0 Å². The van der Waals surface area contributed by atoms with Crippen molar-refractivity contribution in [2.75, 3.05) is 5.73 Å². The Morgan fingerprint density at radius 2 is 2.20 bits per heavy atom. The molecule has 2 unspecified atom stereocenters. The molecule has 0 saturated heterocycles. The van der Waals surface area contributed by atoms with E-state index in [1.807, 2.05) is 0 Å². The van der Waals surface area contributed by atoms with Crippen molar-refractivity contribution in [3.63, 3.8) is 0 Å². The number of hydrogen-bond acceptors (Lipinski definition) is 5. The Bertz CT molecular complexity index is 315. The van der Waals surface area contributed by atoms with Crippen LogP contribution in [0.3, 0.4) is 0 Å². The summed E-state index contributed by atoms with van der Waals surface area (Å²) in [6.07, 6.45) is 5.47. The van der Waals surface area contributed by atoms with Gasteiger partial charge in [0, 0.05) is 0 Å². The fraction of sp³-hybridized carbons (Fsp3) is 0.800. The molecule has 0 aromatic carbocycles. The molecule has 15 heavy (non-hydrogen) atoms. The Labute approximate surface area is 93.8 Å². The van der Waals surface area contributed by atoms with Crippen LogP contribution >= 0.6 is 11.3 Å². The van der Waals surface area contributed by atoms with Crippen molar-refractivity contribution in [2.24, 2.45) is 5.92 Å². The molecule has 1 fully saturated rings. The number of hydrogen-bond donors (Lipinski definition) is 1. The molecule has 1 saturated carbocycles. The first-order chi connectivity index (χ1) is 7.25. The standard InChI is InChI=1S/C10H17N3OS/c1-7-4-2-3-5-8(7)14-6-9-12-13-10(11)15-9/h7-8H,2-6H2,1H3,(H2,11,13). The van der Waals surface area contributed by atoms with Crippen molar-refractivity contribution in [2.45, 2.75) is 45.3 Å². The van der Waals surface area contributed by atoms with E-state index in [0.29, 0.717) is 23.8 Å². The minimum absolute atomic E-state index is 0.392. The third-order valence-corrected chi connectivity index (χ3v) is 3.66. The highest BCUT2D eigenvalue weighted by Gasteiger charge is 2.22. The molecule has 2 rings (SSSR count). The van der Waals surface area contributed by atoms with Gasteiger partial charge in [0.1, 0.15) is 11.6 Å². The summed E-state index contributed by atoms with van der Waals surface area (Å²) in [6.45, 7) is 2.82. The van der Waals surface area contributed by atoms with E-state index in [1.54, 1.807) is 0 Å². The highest BCUT2D eigenvalue weighted by atomic mass is 32.1. The third-order valence-electron chi connectivity index (χ3n) is 2.94. The summed E-state index contributed by atoms with van der Waals surface area (Å²) in [5, 5.41) is 9.11. The fourth-order valence-corrected chi connectivity index (χ4v) is 2.56. The van der Waals surface area contributed by atoms with Gasteiger partial charge < -0.3 is 10.5 Å². The Balaban J connectivity index is 1.81. The second-order valence-electron chi connectivity index (χ2n) is 4.15. The number of rotatable bonds is 3. The van der Waals surface area contributed by atoms with Crippen LogP contribution in [-0.4, -0.2) is 16.3 Å². The molecule has 84 valence electrons. The topological polar surface area (TPSA) is 61.0 Å². The van der Waals surface area contributed by atoms with Gasteiger partial charge in [-0.05, 0) is 18.8 Å². The van der Waals surface area contributed by atoms with Gasteiger partial charge in [-0.15, -0.1) is 10.2 Å². The minimum Gasteiger partial charge on any atom is -0.374 e. The first-order valence-corrected chi connectivity index (χ1v) is 6.27. The summed E-state index contributed by atoms with van der Waals surface area (Å²) in [5.41, 5.74) is 5.50. The molecule has 1 aromatic heterocycles. The molecular formula is C10H17N3OS. The van der Waals surface area contributed by atoms with E-state index in [9.17, 15) is 0 Å². The molecule has 0 amide bonds. The van der Waals surface area contributed by atoms with Crippen LogP contribution in [0.15, 0.2) is 0 Å². The summed E-state index contributed by atoms with van der Waals surface area (Å²) < 4.78 is 5.85. The van der Waals surface area contributed by atoms with E-state index in [0.717, 1.165) is 5.01 Å². The molecule has 1 aliphatic carbocycles. The molecule has 1 heterocycles. The highest BCUT2D eigenvalue weighted by molar-refractivity contribution is 7.15. The van der Waals surface area contributed by atoms with E-state index in [1.165, 1.54) is 37.0 Å². The molecule has 0 spiro atoms. The van der Waals surface area contributed by atoms with Crippen LogP contribution in [-0.2, 0) is 11.3 Å². The molecule has 0 aliphatic heterocycles. The van der Waals surface area contributed by atoms with Crippen LogP contribution in [0.2, 0.25) is 0 Å². The zero-order valence-corrected chi connectivity index (χ0v) is 9.80. The average Bonchev–Trinajstić information content (AvgIpc) is 2.63. The quantitative estimate of drug-likeness (QED) is 0.860. The lowest BCUT2D eigenvalue weighted by Crippen LogP contribution is -2.25. The molecule has 0 bridgehead atoms. The second kappa shape index (κ2) is 4.90. The van der Waals surface area contributed by atoms with Gasteiger partial charge in [0.2, 0.25) is 5.13 Å². The van der Waals surface area contributed by atoms with E-state index in [4.69, 9.17) is 10.5 Å². The number of nitrogens with two attached hydrogens (primary N) is 1. The largest absolute Gasteiger partial charge is 0.374 e. The molecule has 2 atom stereocenters. The first-order valence-electron chi connectivity index (χ1n) is 5.45. The summed E-state index contributed by atoms with van der Waals surface area (Å²) in [7, 11) is 0. The minimum atomic E-state index is 0.392. The number of anilines is 1. The first kappa shape index (κ1) is 10.8. The lowest BCUT2D eigenvalue weighted by atomic mass is 9.88. The van der Waals surface area contributed by atoms with Crippen LogP contribution in [0.5, 0.6) is 0 Å². The lowest BCUT2D eigenvalue weighted by Gasteiger charge is -2.28. The van der Waals surface area contributed by atoms with Gasteiger partial charge in [-0.2, -0.15) is 0 Å².